The second kappa shape index (κ2) is 9.75. The van der Waals surface area contributed by atoms with Crippen molar-refractivity contribution in [3.05, 3.63) is 35.9 Å². The Morgan fingerprint density at radius 1 is 0.724 bits per heavy atom. The standard InChI is InChI=1S/C19H28O10/c1-9-12(20)14(22)16(24)18(28-9)27-8-11-13(21)15(23)17(25)19(29-11)26-7-10-5-3-2-4-6-10/h2-6,9,11-25H,7-8H2,1H3/t9-,11+,12-,13+,14+,15-,16+,17+,18-,19+/m0/s1. The Kier molecular flexibility index (Phi) is 7.57. The molecule has 0 unspecified atom stereocenters. The molecule has 2 saturated heterocycles. The molecule has 2 fully saturated rings. The molecule has 29 heavy (non-hydrogen) atoms. The molecule has 164 valence electrons. The first-order chi connectivity index (χ1) is 13.8. The van der Waals surface area contributed by atoms with Crippen LogP contribution in [0.1, 0.15) is 12.5 Å². The highest BCUT2D eigenvalue weighted by molar-refractivity contribution is 5.13. The quantitative estimate of drug-likeness (QED) is 0.302. The molecule has 10 atom stereocenters. The van der Waals surface area contributed by atoms with Gasteiger partial charge >= 0.3 is 0 Å². The van der Waals surface area contributed by atoms with Gasteiger partial charge in [0.05, 0.1) is 19.3 Å². The fraction of sp³-hybridized carbons (Fsp3) is 0.684. The SMILES string of the molecule is C[C@@H]1O[C@H](OC[C@H]2O[C@@H](OCc3ccccc3)[C@H](O)[C@@H](O)[C@@H]2O)[C@H](O)[C@H](O)[C@H]1O. The minimum atomic E-state index is -1.54. The summed E-state index contributed by atoms with van der Waals surface area (Å²) in [4.78, 5) is 0. The van der Waals surface area contributed by atoms with E-state index in [2.05, 4.69) is 0 Å². The zero-order chi connectivity index (χ0) is 21.1. The zero-order valence-corrected chi connectivity index (χ0v) is 15.9. The van der Waals surface area contributed by atoms with Crippen molar-refractivity contribution in [3.8, 4) is 0 Å². The molecule has 0 aromatic heterocycles. The molecule has 3 rings (SSSR count). The average molecular weight is 416 g/mol. The summed E-state index contributed by atoms with van der Waals surface area (Å²) in [5.74, 6) is 0. The molecule has 1 aromatic rings. The Hall–Kier alpha value is -1.18. The fourth-order valence-electron chi connectivity index (χ4n) is 3.29. The third-order valence-corrected chi connectivity index (χ3v) is 5.16. The fourth-order valence-corrected chi connectivity index (χ4v) is 3.29. The van der Waals surface area contributed by atoms with Gasteiger partial charge < -0.3 is 49.6 Å². The first kappa shape index (κ1) is 22.5. The van der Waals surface area contributed by atoms with Gasteiger partial charge in [-0.2, -0.15) is 0 Å². The molecule has 0 radical (unpaired) electrons. The van der Waals surface area contributed by atoms with Gasteiger partial charge in [-0.15, -0.1) is 0 Å². The van der Waals surface area contributed by atoms with Gasteiger partial charge in [0.15, 0.2) is 12.6 Å². The number of benzene rings is 1. The van der Waals surface area contributed by atoms with Crippen LogP contribution in [0.4, 0.5) is 0 Å². The Morgan fingerprint density at radius 2 is 1.31 bits per heavy atom. The van der Waals surface area contributed by atoms with E-state index in [9.17, 15) is 30.6 Å². The third-order valence-electron chi connectivity index (χ3n) is 5.16. The van der Waals surface area contributed by atoms with E-state index in [-0.39, 0.29) is 13.2 Å². The number of hydrogen-bond donors (Lipinski definition) is 6. The molecule has 0 bridgehead atoms. The summed E-state index contributed by atoms with van der Waals surface area (Å²) in [6.07, 6.45) is -13.1. The van der Waals surface area contributed by atoms with E-state index in [1.165, 1.54) is 6.92 Å². The summed E-state index contributed by atoms with van der Waals surface area (Å²) in [5, 5.41) is 60.0. The topological polar surface area (TPSA) is 158 Å². The maximum atomic E-state index is 10.2. The zero-order valence-electron chi connectivity index (χ0n) is 15.9. The number of hydrogen-bond acceptors (Lipinski definition) is 10. The number of aliphatic hydroxyl groups excluding tert-OH is 6. The third kappa shape index (κ3) is 5.12. The largest absolute Gasteiger partial charge is 0.388 e. The number of ether oxygens (including phenoxy) is 4. The lowest BCUT2D eigenvalue weighted by atomic mass is 9.98. The Bertz CT molecular complexity index is 631. The van der Waals surface area contributed by atoms with Crippen molar-refractivity contribution in [2.45, 2.75) is 74.9 Å². The first-order valence-electron chi connectivity index (χ1n) is 9.46. The molecular formula is C19H28O10. The summed E-state index contributed by atoms with van der Waals surface area (Å²) in [6, 6.07) is 9.15. The maximum absolute atomic E-state index is 10.2. The van der Waals surface area contributed by atoms with E-state index in [4.69, 9.17) is 18.9 Å². The van der Waals surface area contributed by atoms with E-state index in [1.54, 1.807) is 0 Å². The van der Waals surface area contributed by atoms with Gasteiger partial charge in [0, 0.05) is 0 Å². The molecule has 6 N–H and O–H groups in total. The predicted octanol–water partition coefficient (Wildman–Crippen LogP) is -2.15. The van der Waals surface area contributed by atoms with Crippen LogP contribution in [0.15, 0.2) is 30.3 Å². The second-order valence-corrected chi connectivity index (χ2v) is 7.33. The van der Waals surface area contributed by atoms with Gasteiger partial charge in [0.2, 0.25) is 0 Å². The van der Waals surface area contributed by atoms with Crippen LogP contribution in [0.2, 0.25) is 0 Å². The van der Waals surface area contributed by atoms with E-state index in [0.717, 1.165) is 5.56 Å². The normalized spacial score (nSPS) is 43.3. The van der Waals surface area contributed by atoms with Crippen molar-refractivity contribution in [1.82, 2.24) is 0 Å². The van der Waals surface area contributed by atoms with Crippen molar-refractivity contribution in [1.29, 1.82) is 0 Å². The van der Waals surface area contributed by atoms with Crippen LogP contribution in [0.25, 0.3) is 0 Å². The summed E-state index contributed by atoms with van der Waals surface area (Å²) in [6.45, 7) is 1.30. The van der Waals surface area contributed by atoms with Gasteiger partial charge in [-0.25, -0.2) is 0 Å². The minimum absolute atomic E-state index is 0.116. The highest BCUT2D eigenvalue weighted by Crippen LogP contribution is 2.26. The summed E-state index contributed by atoms with van der Waals surface area (Å²) in [7, 11) is 0. The van der Waals surface area contributed by atoms with Gasteiger partial charge in [0.1, 0.15) is 42.7 Å². The molecular weight excluding hydrogens is 388 g/mol. The van der Waals surface area contributed by atoms with Crippen LogP contribution in [0, 0.1) is 0 Å². The lowest BCUT2D eigenvalue weighted by Gasteiger charge is -2.42. The molecule has 10 nitrogen and oxygen atoms in total. The molecule has 0 spiro atoms. The van der Waals surface area contributed by atoms with Crippen LogP contribution in [-0.2, 0) is 25.6 Å². The maximum Gasteiger partial charge on any atom is 0.187 e. The van der Waals surface area contributed by atoms with Crippen molar-refractivity contribution in [2.75, 3.05) is 6.61 Å². The molecule has 1 aromatic carbocycles. The van der Waals surface area contributed by atoms with E-state index in [1.807, 2.05) is 30.3 Å². The lowest BCUT2D eigenvalue weighted by Crippen LogP contribution is -2.61. The summed E-state index contributed by atoms with van der Waals surface area (Å²) >= 11 is 0. The van der Waals surface area contributed by atoms with Crippen molar-refractivity contribution in [2.24, 2.45) is 0 Å². The second-order valence-electron chi connectivity index (χ2n) is 7.33. The van der Waals surface area contributed by atoms with Crippen molar-refractivity contribution in [3.63, 3.8) is 0 Å². The highest BCUT2D eigenvalue weighted by Gasteiger charge is 2.46. The van der Waals surface area contributed by atoms with Crippen LogP contribution >= 0.6 is 0 Å². The summed E-state index contributed by atoms with van der Waals surface area (Å²) < 4.78 is 21.8. The molecule has 2 aliphatic rings. The van der Waals surface area contributed by atoms with Gasteiger partial charge in [-0.05, 0) is 12.5 Å². The van der Waals surface area contributed by atoms with Crippen molar-refractivity contribution >= 4 is 0 Å². The van der Waals surface area contributed by atoms with Crippen LogP contribution in [-0.4, -0.2) is 98.7 Å². The first-order valence-corrected chi connectivity index (χ1v) is 9.46. The molecule has 10 heteroatoms. The molecule has 2 heterocycles. The minimum Gasteiger partial charge on any atom is -0.388 e. The molecule has 0 aliphatic carbocycles. The predicted molar refractivity (Wildman–Crippen MR) is 96.2 cm³/mol. The van der Waals surface area contributed by atoms with Crippen LogP contribution in [0.3, 0.4) is 0 Å². The molecule has 2 aliphatic heterocycles. The summed E-state index contributed by atoms with van der Waals surface area (Å²) in [5.41, 5.74) is 0.831. The number of aliphatic hydroxyl groups is 6. The van der Waals surface area contributed by atoms with Gasteiger partial charge in [-0.1, -0.05) is 30.3 Å². The van der Waals surface area contributed by atoms with Crippen LogP contribution < -0.4 is 0 Å². The monoisotopic (exact) mass is 416 g/mol. The molecule has 0 amide bonds. The smallest absolute Gasteiger partial charge is 0.187 e. The Labute approximate surface area is 167 Å². The molecule has 0 saturated carbocycles. The Balaban J connectivity index is 1.58. The lowest BCUT2D eigenvalue weighted by molar-refractivity contribution is -0.329. The van der Waals surface area contributed by atoms with Crippen LogP contribution in [0.5, 0.6) is 0 Å². The van der Waals surface area contributed by atoms with Gasteiger partial charge in [0.25, 0.3) is 0 Å². The average Bonchev–Trinajstić information content (AvgIpc) is 2.73. The van der Waals surface area contributed by atoms with E-state index in [0.29, 0.717) is 0 Å². The van der Waals surface area contributed by atoms with Crippen molar-refractivity contribution < 1.29 is 49.6 Å². The number of rotatable bonds is 6. The Morgan fingerprint density at radius 3 is 1.97 bits per heavy atom. The van der Waals surface area contributed by atoms with E-state index < -0.39 is 61.4 Å². The van der Waals surface area contributed by atoms with Gasteiger partial charge in [-0.3, -0.25) is 0 Å². The van der Waals surface area contributed by atoms with E-state index >= 15 is 0 Å². The highest BCUT2D eigenvalue weighted by atomic mass is 16.7.